The number of aromatic nitrogens is 1. The number of hydrogen-bond donors (Lipinski definition) is 2. The van der Waals surface area contributed by atoms with E-state index in [1.165, 1.54) is 5.32 Å². The van der Waals surface area contributed by atoms with E-state index in [1.807, 2.05) is 0 Å². The van der Waals surface area contributed by atoms with Gasteiger partial charge < -0.3 is 10.4 Å². The molecular formula is C17H17ClF6N2O. The molecule has 0 radical (unpaired) electrons. The number of para-hydroxylation sites is 1. The summed E-state index contributed by atoms with van der Waals surface area (Å²) in [6.07, 6.45) is -24.9. The van der Waals surface area contributed by atoms with Crippen LogP contribution in [-0.2, 0) is 12.4 Å². The van der Waals surface area contributed by atoms with E-state index in [0.29, 0.717) is 6.07 Å². The number of rotatable bonds is 2. The molecule has 3 rings (SSSR count). The van der Waals surface area contributed by atoms with Crippen LogP contribution < -0.4 is 5.32 Å². The van der Waals surface area contributed by atoms with Crippen LogP contribution in [0.5, 0.6) is 0 Å². The van der Waals surface area contributed by atoms with Crippen molar-refractivity contribution in [3.05, 3.63) is 41.1 Å². The maximum atomic E-state index is 13.5. The quantitative estimate of drug-likeness (QED) is 0.677. The summed E-state index contributed by atoms with van der Waals surface area (Å²) < 4.78 is 152. The highest BCUT2D eigenvalue weighted by Crippen LogP contribution is 2.39. The Labute approximate surface area is 169 Å². The van der Waals surface area contributed by atoms with Crippen LogP contribution in [0, 0.1) is 0 Å². The average Bonchev–Trinajstić information content (AvgIpc) is 2.68. The monoisotopic (exact) mass is 423 g/mol. The highest BCUT2D eigenvalue weighted by Gasteiger charge is 2.38. The molecule has 27 heavy (non-hydrogen) atoms. The molecule has 1 aromatic carbocycles. The van der Waals surface area contributed by atoms with Crippen LogP contribution >= 0.6 is 12.4 Å². The van der Waals surface area contributed by atoms with Crippen LogP contribution in [0.25, 0.3) is 10.9 Å². The first kappa shape index (κ1) is 12.1. The Morgan fingerprint density at radius 1 is 1.19 bits per heavy atom. The summed E-state index contributed by atoms with van der Waals surface area (Å²) in [6, 6.07) is -1.60. The van der Waals surface area contributed by atoms with Crippen molar-refractivity contribution in [2.75, 3.05) is 6.50 Å². The predicted molar refractivity (Wildman–Crippen MR) is 89.6 cm³/mol. The van der Waals surface area contributed by atoms with Gasteiger partial charge in [-0.15, -0.1) is 12.4 Å². The second-order valence-electron chi connectivity index (χ2n) is 5.24. The molecule has 2 atom stereocenters. The zero-order chi connectivity index (χ0) is 27.2. The number of aliphatic hydroxyl groups excluding tert-OH is 1. The molecule has 1 aliphatic rings. The number of pyridine rings is 1. The lowest BCUT2D eigenvalue weighted by molar-refractivity contribution is -0.142. The third-order valence-electron chi connectivity index (χ3n) is 3.55. The Balaban J connectivity index is 0.00000456. The van der Waals surface area contributed by atoms with Gasteiger partial charge in [-0.2, -0.15) is 26.3 Å². The highest BCUT2D eigenvalue weighted by atomic mass is 35.5. The van der Waals surface area contributed by atoms with Gasteiger partial charge in [0, 0.05) is 23.7 Å². The average molecular weight is 424 g/mol. The standard InChI is InChI=1S/C17H16F6N2O.ClH/c18-16(19,20)11-5-3-4-9-10(15(26)12-6-1-2-7-24-12)8-13(17(21,22)23)25-14(9)11;/h3-5,8,12,15,24,26H,1-2,6-7H2;1H/t12-,15+;/m0./s1/i1D2,2D2,6D2,7D2,12D;. The van der Waals surface area contributed by atoms with Crippen LogP contribution in [0.4, 0.5) is 26.3 Å². The summed E-state index contributed by atoms with van der Waals surface area (Å²) in [5.74, 6) is 0. The van der Waals surface area contributed by atoms with Gasteiger partial charge in [0.15, 0.2) is 0 Å². The number of fused-ring (bicyclic) bond motifs is 1. The van der Waals surface area contributed by atoms with Crippen molar-refractivity contribution >= 4 is 23.3 Å². The van der Waals surface area contributed by atoms with Gasteiger partial charge in [0.25, 0.3) is 0 Å². The summed E-state index contributed by atoms with van der Waals surface area (Å²) in [5, 5.41) is 11.6. The lowest BCUT2D eigenvalue weighted by atomic mass is 9.91. The molecule has 2 aromatic rings. The van der Waals surface area contributed by atoms with Crippen molar-refractivity contribution in [1.29, 1.82) is 0 Å². The number of benzene rings is 1. The first-order chi connectivity index (χ1) is 15.4. The van der Waals surface area contributed by atoms with Crippen molar-refractivity contribution in [3.63, 3.8) is 0 Å². The van der Waals surface area contributed by atoms with E-state index in [2.05, 4.69) is 4.98 Å². The van der Waals surface area contributed by atoms with Gasteiger partial charge >= 0.3 is 12.4 Å². The second-order valence-corrected chi connectivity index (χ2v) is 5.24. The number of alkyl halides is 6. The molecule has 0 bridgehead atoms. The van der Waals surface area contributed by atoms with Gasteiger partial charge in [-0.05, 0) is 36.9 Å². The Morgan fingerprint density at radius 3 is 2.52 bits per heavy atom. The van der Waals surface area contributed by atoms with Gasteiger partial charge in [-0.3, -0.25) is 0 Å². The van der Waals surface area contributed by atoms with Crippen LogP contribution in [0.2, 0.25) is 0 Å². The van der Waals surface area contributed by atoms with Gasteiger partial charge in [-0.1, -0.05) is 18.5 Å². The molecule has 1 saturated heterocycles. The van der Waals surface area contributed by atoms with Crippen molar-refractivity contribution in [1.82, 2.24) is 10.3 Å². The molecule has 2 N–H and O–H groups in total. The summed E-state index contributed by atoms with van der Waals surface area (Å²) >= 11 is 0. The molecule has 150 valence electrons. The molecular weight excluding hydrogens is 398 g/mol. The Hall–Kier alpha value is -1.58. The van der Waals surface area contributed by atoms with Crippen LogP contribution in [0.1, 0.15) is 54.4 Å². The smallest absolute Gasteiger partial charge is 0.387 e. The molecule has 1 fully saturated rings. The third kappa shape index (κ3) is 4.47. The van der Waals surface area contributed by atoms with E-state index in [1.54, 1.807) is 0 Å². The third-order valence-corrected chi connectivity index (χ3v) is 3.55. The topological polar surface area (TPSA) is 45.1 Å². The van der Waals surface area contributed by atoms with E-state index < -0.39 is 77.8 Å². The van der Waals surface area contributed by atoms with Crippen LogP contribution in [0.15, 0.2) is 24.3 Å². The van der Waals surface area contributed by atoms with Crippen LogP contribution in [-0.4, -0.2) is 22.6 Å². The number of nitrogens with zero attached hydrogens (tertiary/aromatic N) is 1. The lowest BCUT2D eigenvalue weighted by Gasteiger charge is -2.29. The second kappa shape index (κ2) is 7.81. The molecule has 1 aliphatic heterocycles. The van der Waals surface area contributed by atoms with Crippen LogP contribution in [0.3, 0.4) is 0 Å². The van der Waals surface area contributed by atoms with E-state index >= 15 is 0 Å². The maximum Gasteiger partial charge on any atom is 0.433 e. The molecule has 1 aromatic heterocycles. The predicted octanol–water partition coefficient (Wildman–Crippen LogP) is 4.87. The van der Waals surface area contributed by atoms with E-state index in [4.69, 9.17) is 12.3 Å². The summed E-state index contributed by atoms with van der Waals surface area (Å²) in [4.78, 5) is 3.00. The molecule has 0 aliphatic carbocycles. The summed E-state index contributed by atoms with van der Waals surface area (Å²) in [6.45, 7) is -3.56. The number of halogens is 7. The first-order valence-corrected chi connectivity index (χ1v) is 6.99. The maximum absolute atomic E-state index is 13.5. The minimum atomic E-state index is -5.36. The molecule has 3 nitrogen and oxygen atoms in total. The Morgan fingerprint density at radius 2 is 1.89 bits per heavy atom. The zero-order valence-corrected chi connectivity index (χ0v) is 13.8. The van der Waals surface area contributed by atoms with Gasteiger partial charge in [0.2, 0.25) is 0 Å². The normalized spacial score (nSPS) is 34.7. The van der Waals surface area contributed by atoms with Crippen molar-refractivity contribution in [2.45, 2.75) is 43.6 Å². The largest absolute Gasteiger partial charge is 0.433 e. The van der Waals surface area contributed by atoms with Gasteiger partial charge in [-0.25, -0.2) is 4.98 Å². The minimum absolute atomic E-state index is 0. The highest BCUT2D eigenvalue weighted by molar-refractivity contribution is 5.86. The fourth-order valence-electron chi connectivity index (χ4n) is 2.43. The number of piperidine rings is 1. The Kier molecular flexibility index (Phi) is 3.49. The lowest BCUT2D eigenvalue weighted by Crippen LogP contribution is -2.39. The molecule has 0 saturated carbocycles. The van der Waals surface area contributed by atoms with E-state index in [0.717, 1.165) is 12.1 Å². The molecule has 10 heteroatoms. The number of hydrogen-bond acceptors (Lipinski definition) is 3. The van der Waals surface area contributed by atoms with E-state index in [-0.39, 0.29) is 18.5 Å². The number of aliphatic hydroxyl groups is 1. The zero-order valence-electron chi connectivity index (χ0n) is 22.0. The van der Waals surface area contributed by atoms with Crippen molar-refractivity contribution < 1.29 is 43.8 Å². The fraction of sp³-hybridized carbons (Fsp3) is 0.471. The van der Waals surface area contributed by atoms with Gasteiger partial charge in [0.05, 0.1) is 17.2 Å². The van der Waals surface area contributed by atoms with Gasteiger partial charge in [0.1, 0.15) is 5.69 Å². The SMILES string of the molecule is Cl.[2H]C1([2H])N[C@]([2H])([C@H](O)c2cc(C(F)(F)F)nc3c(C(F)(F)F)cccc23)C([2H])([2H])C([2H])([2H])C1([2H])[2H]. The minimum Gasteiger partial charge on any atom is -0.387 e. The molecule has 0 unspecified atom stereocenters. The molecule has 0 spiro atoms. The van der Waals surface area contributed by atoms with Crippen molar-refractivity contribution in [3.8, 4) is 0 Å². The molecule has 0 amide bonds. The van der Waals surface area contributed by atoms with E-state index in [9.17, 15) is 31.4 Å². The first-order valence-electron chi connectivity index (χ1n) is 11.5. The molecule has 2 heterocycles. The summed E-state index contributed by atoms with van der Waals surface area (Å²) in [5.41, 5.74) is -6.02. The Bertz CT molecular complexity index is 1180. The van der Waals surface area contributed by atoms with Crippen molar-refractivity contribution in [2.24, 2.45) is 0 Å². The summed E-state index contributed by atoms with van der Waals surface area (Å²) in [7, 11) is 0. The number of nitrogens with one attached hydrogen (secondary N) is 1. The fourth-order valence-corrected chi connectivity index (χ4v) is 2.43.